The van der Waals surface area contributed by atoms with Gasteiger partial charge in [-0.2, -0.15) is 11.3 Å². The van der Waals surface area contributed by atoms with Gasteiger partial charge in [0.25, 0.3) is 0 Å². The Morgan fingerprint density at radius 1 is 1.24 bits per heavy atom. The number of carbonyl (C=O) groups is 1. The summed E-state index contributed by atoms with van der Waals surface area (Å²) in [5.74, 6) is 1.39. The number of rotatable bonds is 5. The van der Waals surface area contributed by atoms with Gasteiger partial charge in [-0.25, -0.2) is 4.98 Å². The van der Waals surface area contributed by atoms with E-state index in [9.17, 15) is 4.79 Å². The fourth-order valence-electron chi connectivity index (χ4n) is 2.53. The number of carbonyl (C=O) groups excluding carboxylic acids is 1. The number of benzene rings is 1. The number of hydrogen-bond donors (Lipinski definition) is 1. The van der Waals surface area contributed by atoms with Crippen LogP contribution in [0.1, 0.15) is 5.69 Å². The van der Waals surface area contributed by atoms with Crippen molar-refractivity contribution < 1.29 is 14.3 Å². The quantitative estimate of drug-likeness (QED) is 0.746. The molecule has 2 aromatic heterocycles. The molecule has 3 heterocycles. The number of fused-ring (bicyclic) bond motifs is 1. The SMILES string of the molecule is O=C(Cc1csc(-c2ccsc2)n1)NCC1COc2ccccc2O1. The Bertz CT molecular complexity index is 861. The lowest BCUT2D eigenvalue weighted by atomic mass is 10.2. The van der Waals surface area contributed by atoms with Gasteiger partial charge in [-0.05, 0) is 23.6 Å². The second kappa shape index (κ2) is 7.25. The highest BCUT2D eigenvalue weighted by molar-refractivity contribution is 7.14. The van der Waals surface area contributed by atoms with E-state index < -0.39 is 0 Å². The molecule has 0 saturated carbocycles. The van der Waals surface area contributed by atoms with Crippen LogP contribution in [-0.2, 0) is 11.2 Å². The molecule has 1 N–H and O–H groups in total. The fourth-order valence-corrected chi connectivity index (χ4v) is 4.06. The van der Waals surface area contributed by atoms with Crippen molar-refractivity contribution in [2.45, 2.75) is 12.5 Å². The Balaban J connectivity index is 1.29. The molecule has 0 radical (unpaired) electrons. The van der Waals surface area contributed by atoms with E-state index in [2.05, 4.69) is 15.7 Å². The van der Waals surface area contributed by atoms with Gasteiger partial charge in [-0.15, -0.1) is 11.3 Å². The Kier molecular flexibility index (Phi) is 4.67. The molecule has 7 heteroatoms. The number of para-hydroxylation sites is 2. The summed E-state index contributed by atoms with van der Waals surface area (Å²) in [6, 6.07) is 9.58. The normalized spacial score (nSPS) is 15.8. The van der Waals surface area contributed by atoms with Gasteiger partial charge < -0.3 is 14.8 Å². The zero-order valence-corrected chi connectivity index (χ0v) is 14.9. The zero-order chi connectivity index (χ0) is 17.1. The molecule has 3 aromatic rings. The first-order valence-corrected chi connectivity index (χ1v) is 9.72. The highest BCUT2D eigenvalue weighted by atomic mass is 32.1. The number of hydrogen-bond acceptors (Lipinski definition) is 6. The second-order valence-corrected chi connectivity index (χ2v) is 7.27. The number of amides is 1. The van der Waals surface area contributed by atoms with Gasteiger partial charge in [0, 0.05) is 16.3 Å². The van der Waals surface area contributed by atoms with Crippen molar-refractivity contribution in [1.29, 1.82) is 0 Å². The van der Waals surface area contributed by atoms with Crippen LogP contribution in [0.25, 0.3) is 10.6 Å². The van der Waals surface area contributed by atoms with Gasteiger partial charge >= 0.3 is 0 Å². The van der Waals surface area contributed by atoms with E-state index in [0.717, 1.165) is 22.0 Å². The number of ether oxygens (including phenoxy) is 2. The third kappa shape index (κ3) is 3.83. The second-order valence-electron chi connectivity index (χ2n) is 5.63. The molecule has 1 amide bonds. The van der Waals surface area contributed by atoms with Crippen LogP contribution in [-0.4, -0.2) is 30.1 Å². The predicted molar refractivity (Wildman–Crippen MR) is 98.5 cm³/mol. The maximum Gasteiger partial charge on any atom is 0.226 e. The molecule has 1 aliphatic rings. The largest absolute Gasteiger partial charge is 0.486 e. The lowest BCUT2D eigenvalue weighted by molar-refractivity contribution is -0.121. The third-order valence-electron chi connectivity index (χ3n) is 3.76. The number of nitrogens with one attached hydrogen (secondary N) is 1. The first kappa shape index (κ1) is 16.1. The third-order valence-corrected chi connectivity index (χ3v) is 5.38. The molecular weight excluding hydrogens is 356 g/mol. The average Bonchev–Trinajstić information content (AvgIpc) is 3.31. The molecule has 1 atom stereocenters. The first-order valence-electron chi connectivity index (χ1n) is 7.90. The lowest BCUT2D eigenvalue weighted by Gasteiger charge is -2.26. The smallest absolute Gasteiger partial charge is 0.226 e. The minimum atomic E-state index is -0.185. The van der Waals surface area contributed by atoms with Gasteiger partial charge in [-0.1, -0.05) is 12.1 Å². The van der Waals surface area contributed by atoms with E-state index in [4.69, 9.17) is 9.47 Å². The van der Waals surface area contributed by atoms with Crippen LogP contribution >= 0.6 is 22.7 Å². The minimum Gasteiger partial charge on any atom is -0.486 e. The Hall–Kier alpha value is -2.38. The lowest BCUT2D eigenvalue weighted by Crippen LogP contribution is -2.41. The van der Waals surface area contributed by atoms with Crippen molar-refractivity contribution >= 4 is 28.6 Å². The van der Waals surface area contributed by atoms with Crippen molar-refractivity contribution in [3.8, 4) is 22.1 Å². The molecule has 0 saturated heterocycles. The molecular formula is C18H16N2O3S2. The number of aromatic nitrogens is 1. The van der Waals surface area contributed by atoms with E-state index >= 15 is 0 Å². The maximum atomic E-state index is 12.2. The molecule has 1 aliphatic heterocycles. The summed E-state index contributed by atoms with van der Waals surface area (Å²) >= 11 is 3.20. The molecule has 128 valence electrons. The van der Waals surface area contributed by atoms with Crippen molar-refractivity contribution in [2.75, 3.05) is 13.2 Å². The van der Waals surface area contributed by atoms with Gasteiger partial charge in [0.2, 0.25) is 5.91 Å². The zero-order valence-electron chi connectivity index (χ0n) is 13.3. The molecule has 0 bridgehead atoms. The molecule has 25 heavy (non-hydrogen) atoms. The van der Waals surface area contributed by atoms with Crippen molar-refractivity contribution in [2.24, 2.45) is 0 Å². The van der Waals surface area contributed by atoms with Gasteiger partial charge in [0.15, 0.2) is 11.5 Å². The van der Waals surface area contributed by atoms with E-state index in [0.29, 0.717) is 18.9 Å². The summed E-state index contributed by atoms with van der Waals surface area (Å²) in [7, 11) is 0. The summed E-state index contributed by atoms with van der Waals surface area (Å²) < 4.78 is 11.5. The van der Waals surface area contributed by atoms with Crippen LogP contribution in [0, 0.1) is 0 Å². The summed E-state index contributed by atoms with van der Waals surface area (Å²) in [6.07, 6.45) is 0.0841. The van der Waals surface area contributed by atoms with Gasteiger partial charge in [0.05, 0.1) is 18.7 Å². The Morgan fingerprint density at radius 3 is 2.96 bits per heavy atom. The Labute approximate surface area is 153 Å². The highest BCUT2D eigenvalue weighted by Crippen LogP contribution is 2.30. The van der Waals surface area contributed by atoms with Crippen LogP contribution in [0.3, 0.4) is 0 Å². The number of thiazole rings is 1. The summed E-state index contributed by atoms with van der Waals surface area (Å²) in [5.41, 5.74) is 1.89. The van der Waals surface area contributed by atoms with Crippen LogP contribution in [0.5, 0.6) is 11.5 Å². The summed E-state index contributed by atoms with van der Waals surface area (Å²) in [6.45, 7) is 0.838. The molecule has 0 fully saturated rings. The molecule has 1 aromatic carbocycles. The minimum absolute atomic E-state index is 0.0652. The Morgan fingerprint density at radius 2 is 2.12 bits per heavy atom. The van der Waals surface area contributed by atoms with Crippen LogP contribution in [0.2, 0.25) is 0 Å². The summed E-state index contributed by atoms with van der Waals surface area (Å²) in [4.78, 5) is 16.7. The van der Waals surface area contributed by atoms with Gasteiger partial charge in [-0.3, -0.25) is 4.79 Å². The van der Waals surface area contributed by atoms with Crippen molar-refractivity contribution in [3.05, 3.63) is 52.2 Å². The molecule has 1 unspecified atom stereocenters. The number of nitrogens with zero attached hydrogens (tertiary/aromatic N) is 1. The van der Waals surface area contributed by atoms with Crippen molar-refractivity contribution in [1.82, 2.24) is 10.3 Å². The van der Waals surface area contributed by atoms with Crippen molar-refractivity contribution in [3.63, 3.8) is 0 Å². The molecule has 5 nitrogen and oxygen atoms in total. The first-order chi connectivity index (χ1) is 12.3. The van der Waals surface area contributed by atoms with E-state index in [1.807, 2.05) is 41.1 Å². The summed E-state index contributed by atoms with van der Waals surface area (Å²) in [5, 5.41) is 9.86. The predicted octanol–water partition coefficient (Wildman–Crippen LogP) is 3.37. The van der Waals surface area contributed by atoms with Gasteiger partial charge in [0.1, 0.15) is 17.7 Å². The molecule has 4 rings (SSSR count). The van der Waals surface area contributed by atoms with Crippen LogP contribution < -0.4 is 14.8 Å². The number of thiophene rings is 1. The molecule has 0 spiro atoms. The van der Waals surface area contributed by atoms with E-state index in [1.54, 1.807) is 22.7 Å². The maximum absolute atomic E-state index is 12.2. The standard InChI is InChI=1S/C18H16N2O3S2/c21-17(7-13-11-25-18(20-13)12-5-6-24-10-12)19-8-14-9-22-15-3-1-2-4-16(15)23-14/h1-6,10-11,14H,7-9H2,(H,19,21). The average molecular weight is 372 g/mol. The van der Waals surface area contributed by atoms with E-state index in [-0.39, 0.29) is 18.4 Å². The van der Waals surface area contributed by atoms with Crippen LogP contribution in [0.15, 0.2) is 46.5 Å². The fraction of sp³-hybridized carbons (Fsp3) is 0.222. The topological polar surface area (TPSA) is 60.5 Å². The van der Waals surface area contributed by atoms with E-state index in [1.165, 1.54) is 0 Å². The molecule has 0 aliphatic carbocycles. The monoisotopic (exact) mass is 372 g/mol. The van der Waals surface area contributed by atoms with Crippen LogP contribution in [0.4, 0.5) is 0 Å². The highest BCUT2D eigenvalue weighted by Gasteiger charge is 2.21.